The van der Waals surface area contributed by atoms with Crippen molar-refractivity contribution in [2.24, 2.45) is 5.92 Å². The summed E-state index contributed by atoms with van der Waals surface area (Å²) in [6.07, 6.45) is 4.99. The van der Waals surface area contributed by atoms with E-state index in [-0.39, 0.29) is 11.8 Å². The molecule has 0 bridgehead atoms. The van der Waals surface area contributed by atoms with Crippen LogP contribution < -0.4 is 5.32 Å². The van der Waals surface area contributed by atoms with Crippen LogP contribution in [0.1, 0.15) is 19.3 Å². The maximum atomic E-state index is 11.7. The SMILES string of the molecule is O=C(Nc1ccc2[nH]ncc2c1)C1CCC1. The number of hydrogen-bond donors (Lipinski definition) is 2. The van der Waals surface area contributed by atoms with E-state index in [0.29, 0.717) is 0 Å². The zero-order valence-electron chi connectivity index (χ0n) is 8.86. The molecule has 0 radical (unpaired) electrons. The van der Waals surface area contributed by atoms with Crippen molar-refractivity contribution in [3.8, 4) is 0 Å². The monoisotopic (exact) mass is 215 g/mol. The molecule has 1 aromatic heterocycles. The van der Waals surface area contributed by atoms with Crippen molar-refractivity contribution in [1.82, 2.24) is 10.2 Å². The number of anilines is 1. The number of amides is 1. The van der Waals surface area contributed by atoms with E-state index in [1.807, 2.05) is 18.2 Å². The molecule has 1 aliphatic carbocycles. The third kappa shape index (κ3) is 1.56. The van der Waals surface area contributed by atoms with Gasteiger partial charge in [-0.3, -0.25) is 9.89 Å². The summed E-state index contributed by atoms with van der Waals surface area (Å²) in [6.45, 7) is 0. The molecule has 2 N–H and O–H groups in total. The van der Waals surface area contributed by atoms with Crippen molar-refractivity contribution in [3.63, 3.8) is 0 Å². The Balaban J connectivity index is 1.80. The summed E-state index contributed by atoms with van der Waals surface area (Å²) < 4.78 is 0. The average Bonchev–Trinajstić information content (AvgIpc) is 2.61. The Morgan fingerprint density at radius 3 is 3.06 bits per heavy atom. The Kier molecular flexibility index (Phi) is 2.13. The highest BCUT2D eigenvalue weighted by molar-refractivity contribution is 5.95. The number of carbonyl (C=O) groups is 1. The molecule has 82 valence electrons. The van der Waals surface area contributed by atoms with Crippen LogP contribution in [-0.2, 0) is 4.79 Å². The Hall–Kier alpha value is -1.84. The zero-order valence-corrected chi connectivity index (χ0v) is 8.86. The van der Waals surface area contributed by atoms with E-state index in [1.165, 1.54) is 6.42 Å². The molecule has 1 aliphatic rings. The predicted octanol–water partition coefficient (Wildman–Crippen LogP) is 2.30. The van der Waals surface area contributed by atoms with Gasteiger partial charge in [0.2, 0.25) is 5.91 Å². The van der Waals surface area contributed by atoms with Crippen LogP contribution in [0.4, 0.5) is 5.69 Å². The van der Waals surface area contributed by atoms with Gasteiger partial charge in [-0.05, 0) is 31.0 Å². The minimum absolute atomic E-state index is 0.147. The lowest BCUT2D eigenvalue weighted by Gasteiger charge is -2.24. The molecule has 3 rings (SSSR count). The van der Waals surface area contributed by atoms with Crippen molar-refractivity contribution >= 4 is 22.5 Å². The smallest absolute Gasteiger partial charge is 0.227 e. The zero-order chi connectivity index (χ0) is 11.0. The summed E-state index contributed by atoms with van der Waals surface area (Å²) in [5.41, 5.74) is 1.84. The highest BCUT2D eigenvalue weighted by Gasteiger charge is 2.25. The van der Waals surface area contributed by atoms with E-state index in [1.54, 1.807) is 6.20 Å². The van der Waals surface area contributed by atoms with Gasteiger partial charge < -0.3 is 5.32 Å². The number of benzene rings is 1. The first-order chi connectivity index (χ1) is 7.83. The first-order valence-electron chi connectivity index (χ1n) is 5.57. The van der Waals surface area contributed by atoms with Gasteiger partial charge in [-0.2, -0.15) is 5.10 Å². The average molecular weight is 215 g/mol. The van der Waals surface area contributed by atoms with Crippen LogP contribution in [0.3, 0.4) is 0 Å². The number of aromatic nitrogens is 2. The number of aromatic amines is 1. The Morgan fingerprint density at radius 1 is 1.44 bits per heavy atom. The fraction of sp³-hybridized carbons (Fsp3) is 0.333. The second-order valence-corrected chi connectivity index (χ2v) is 4.29. The Labute approximate surface area is 93.0 Å². The first kappa shape index (κ1) is 9.39. The molecule has 1 aromatic carbocycles. The maximum Gasteiger partial charge on any atom is 0.227 e. The molecular formula is C12H13N3O. The van der Waals surface area contributed by atoms with Gasteiger partial charge in [0.1, 0.15) is 0 Å². The van der Waals surface area contributed by atoms with E-state index in [9.17, 15) is 4.79 Å². The van der Waals surface area contributed by atoms with Crippen LogP contribution in [0.5, 0.6) is 0 Å². The quantitative estimate of drug-likeness (QED) is 0.807. The molecular weight excluding hydrogens is 202 g/mol. The third-order valence-electron chi connectivity index (χ3n) is 3.18. The van der Waals surface area contributed by atoms with Crippen LogP contribution in [0.15, 0.2) is 24.4 Å². The van der Waals surface area contributed by atoms with E-state index in [4.69, 9.17) is 0 Å². The van der Waals surface area contributed by atoms with Gasteiger partial charge in [0, 0.05) is 17.0 Å². The maximum absolute atomic E-state index is 11.7. The lowest BCUT2D eigenvalue weighted by Crippen LogP contribution is -2.27. The van der Waals surface area contributed by atoms with Crippen LogP contribution in [0.25, 0.3) is 10.9 Å². The number of carbonyl (C=O) groups excluding carboxylic acids is 1. The molecule has 0 unspecified atom stereocenters. The van der Waals surface area contributed by atoms with Crippen molar-refractivity contribution in [1.29, 1.82) is 0 Å². The van der Waals surface area contributed by atoms with Gasteiger partial charge in [0.05, 0.1) is 11.7 Å². The van der Waals surface area contributed by atoms with Crippen molar-refractivity contribution in [2.45, 2.75) is 19.3 Å². The summed E-state index contributed by atoms with van der Waals surface area (Å²) in [5, 5.41) is 10.8. The van der Waals surface area contributed by atoms with Gasteiger partial charge in [-0.25, -0.2) is 0 Å². The normalized spacial score (nSPS) is 16.0. The van der Waals surface area contributed by atoms with Crippen molar-refractivity contribution in [3.05, 3.63) is 24.4 Å². The Morgan fingerprint density at radius 2 is 2.31 bits per heavy atom. The van der Waals surface area contributed by atoms with Crippen molar-refractivity contribution < 1.29 is 4.79 Å². The summed E-state index contributed by atoms with van der Waals surface area (Å²) in [5.74, 6) is 0.370. The van der Waals surface area contributed by atoms with E-state index >= 15 is 0 Å². The molecule has 4 nitrogen and oxygen atoms in total. The lowest BCUT2D eigenvalue weighted by atomic mass is 9.85. The van der Waals surface area contributed by atoms with Crippen molar-refractivity contribution in [2.75, 3.05) is 5.32 Å². The molecule has 16 heavy (non-hydrogen) atoms. The number of H-pyrrole nitrogens is 1. The molecule has 0 aliphatic heterocycles. The molecule has 1 fully saturated rings. The summed E-state index contributed by atoms with van der Waals surface area (Å²) in [6, 6.07) is 5.77. The lowest BCUT2D eigenvalue weighted by molar-refractivity contribution is -0.122. The van der Waals surface area contributed by atoms with Gasteiger partial charge in [0.15, 0.2) is 0 Å². The second kappa shape index (κ2) is 3.63. The van der Waals surface area contributed by atoms with Gasteiger partial charge >= 0.3 is 0 Å². The molecule has 1 heterocycles. The number of nitrogens with one attached hydrogen (secondary N) is 2. The predicted molar refractivity (Wildman–Crippen MR) is 62.1 cm³/mol. The minimum Gasteiger partial charge on any atom is -0.326 e. The minimum atomic E-state index is 0.147. The highest BCUT2D eigenvalue weighted by atomic mass is 16.1. The van der Waals surface area contributed by atoms with Crippen LogP contribution in [0.2, 0.25) is 0 Å². The van der Waals surface area contributed by atoms with E-state index in [0.717, 1.165) is 29.4 Å². The largest absolute Gasteiger partial charge is 0.326 e. The summed E-state index contributed by atoms with van der Waals surface area (Å²) >= 11 is 0. The van der Waals surface area contributed by atoms with Crippen LogP contribution in [0, 0.1) is 5.92 Å². The van der Waals surface area contributed by atoms with Gasteiger partial charge in [-0.1, -0.05) is 6.42 Å². The second-order valence-electron chi connectivity index (χ2n) is 4.29. The number of hydrogen-bond acceptors (Lipinski definition) is 2. The third-order valence-corrected chi connectivity index (χ3v) is 3.18. The van der Waals surface area contributed by atoms with E-state index < -0.39 is 0 Å². The standard InChI is InChI=1S/C12H13N3O/c16-12(8-2-1-3-8)14-10-4-5-11-9(6-10)7-13-15-11/h4-8H,1-3H2,(H,13,15)(H,14,16). The highest BCUT2D eigenvalue weighted by Crippen LogP contribution is 2.28. The molecule has 0 atom stereocenters. The molecule has 1 amide bonds. The molecule has 2 aromatic rings. The number of nitrogens with zero attached hydrogens (tertiary/aromatic N) is 1. The molecule has 4 heteroatoms. The fourth-order valence-electron chi connectivity index (χ4n) is 1.94. The molecule has 0 saturated heterocycles. The van der Waals surface area contributed by atoms with Gasteiger partial charge in [-0.15, -0.1) is 0 Å². The summed E-state index contributed by atoms with van der Waals surface area (Å²) in [4.78, 5) is 11.7. The van der Waals surface area contributed by atoms with Gasteiger partial charge in [0.25, 0.3) is 0 Å². The topological polar surface area (TPSA) is 57.8 Å². The number of rotatable bonds is 2. The van der Waals surface area contributed by atoms with E-state index in [2.05, 4.69) is 15.5 Å². The van der Waals surface area contributed by atoms with Crippen LogP contribution >= 0.6 is 0 Å². The first-order valence-corrected chi connectivity index (χ1v) is 5.57. The molecule has 1 saturated carbocycles. The number of fused-ring (bicyclic) bond motifs is 1. The molecule has 0 spiro atoms. The summed E-state index contributed by atoms with van der Waals surface area (Å²) in [7, 11) is 0. The fourth-order valence-corrected chi connectivity index (χ4v) is 1.94. The van der Waals surface area contributed by atoms with Crippen LogP contribution in [-0.4, -0.2) is 16.1 Å². The Bertz CT molecular complexity index is 528.